The van der Waals surface area contributed by atoms with Crippen LogP contribution in [-0.4, -0.2) is 43.1 Å². The molecule has 0 aliphatic carbocycles. The van der Waals surface area contributed by atoms with E-state index in [-0.39, 0.29) is 30.9 Å². The Morgan fingerprint density at radius 3 is 2.36 bits per heavy atom. The first kappa shape index (κ1) is 25.7. The molecule has 1 aliphatic heterocycles. The van der Waals surface area contributed by atoms with E-state index in [2.05, 4.69) is 5.32 Å². The quantitative estimate of drug-likeness (QED) is 0.422. The van der Waals surface area contributed by atoms with E-state index in [0.717, 1.165) is 35.3 Å². The average molecular weight is 507 g/mol. The predicted molar refractivity (Wildman–Crippen MR) is 140 cm³/mol. The Hall–Kier alpha value is -3.35. The Morgan fingerprint density at radius 2 is 1.72 bits per heavy atom. The van der Waals surface area contributed by atoms with Crippen molar-refractivity contribution < 1.29 is 19.1 Å². The summed E-state index contributed by atoms with van der Waals surface area (Å²) in [5, 5.41) is 3.65. The molecule has 7 heteroatoms. The third kappa shape index (κ3) is 6.86. The Kier molecular flexibility index (Phi) is 8.98. The first-order valence-electron chi connectivity index (χ1n) is 12.1. The predicted octanol–water partition coefficient (Wildman–Crippen LogP) is 4.96. The van der Waals surface area contributed by atoms with Gasteiger partial charge in [-0.25, -0.2) is 0 Å². The number of carbonyl (C=O) groups excluding carboxylic acids is 2. The van der Waals surface area contributed by atoms with Gasteiger partial charge < -0.3 is 19.7 Å². The van der Waals surface area contributed by atoms with Crippen LogP contribution in [-0.2, 0) is 27.3 Å². The molecule has 1 saturated heterocycles. The van der Waals surface area contributed by atoms with Crippen LogP contribution in [0.15, 0.2) is 78.9 Å². The lowest BCUT2D eigenvalue weighted by molar-refractivity contribution is -0.141. The minimum absolute atomic E-state index is 0.00480. The van der Waals surface area contributed by atoms with Crippen molar-refractivity contribution in [3.63, 3.8) is 0 Å². The molecule has 0 unspecified atom stereocenters. The molecule has 36 heavy (non-hydrogen) atoms. The van der Waals surface area contributed by atoms with E-state index in [1.807, 2.05) is 66.7 Å². The molecule has 1 heterocycles. The summed E-state index contributed by atoms with van der Waals surface area (Å²) in [6, 6.07) is 23.3. The van der Waals surface area contributed by atoms with Gasteiger partial charge in [-0.05, 0) is 53.8 Å². The summed E-state index contributed by atoms with van der Waals surface area (Å²) < 4.78 is 11.0. The number of ether oxygens (including phenoxy) is 2. The summed E-state index contributed by atoms with van der Waals surface area (Å²) in [6.07, 6.45) is 2.06. The van der Waals surface area contributed by atoms with Gasteiger partial charge in [-0.3, -0.25) is 9.59 Å². The van der Waals surface area contributed by atoms with Crippen molar-refractivity contribution in [3.05, 3.63) is 101 Å². The number of rotatable bonds is 10. The minimum Gasteiger partial charge on any atom is -0.497 e. The van der Waals surface area contributed by atoms with Gasteiger partial charge in [-0.1, -0.05) is 66.2 Å². The fraction of sp³-hybridized carbons (Fsp3) is 0.310. The van der Waals surface area contributed by atoms with Crippen molar-refractivity contribution >= 4 is 23.4 Å². The molecule has 3 aromatic rings. The van der Waals surface area contributed by atoms with Crippen LogP contribution < -0.4 is 10.1 Å². The summed E-state index contributed by atoms with van der Waals surface area (Å²) in [5.74, 6) is 0.343. The van der Waals surface area contributed by atoms with Gasteiger partial charge in [0.25, 0.3) is 0 Å². The van der Waals surface area contributed by atoms with Crippen molar-refractivity contribution in [2.24, 2.45) is 0 Å². The number of amides is 2. The summed E-state index contributed by atoms with van der Waals surface area (Å²) >= 11 is 6.03. The van der Waals surface area contributed by atoms with E-state index in [1.54, 1.807) is 24.1 Å². The molecule has 4 rings (SSSR count). The fourth-order valence-electron chi connectivity index (χ4n) is 4.35. The van der Waals surface area contributed by atoms with Gasteiger partial charge in [0.05, 0.1) is 19.6 Å². The zero-order valence-corrected chi connectivity index (χ0v) is 21.1. The molecule has 0 spiro atoms. The van der Waals surface area contributed by atoms with Crippen molar-refractivity contribution in [1.29, 1.82) is 0 Å². The van der Waals surface area contributed by atoms with Crippen molar-refractivity contribution in [1.82, 2.24) is 10.2 Å². The fourth-order valence-corrected chi connectivity index (χ4v) is 4.48. The smallest absolute Gasteiger partial charge is 0.247 e. The zero-order chi connectivity index (χ0) is 25.3. The van der Waals surface area contributed by atoms with Crippen LogP contribution in [0, 0.1) is 0 Å². The summed E-state index contributed by atoms with van der Waals surface area (Å²) in [5.41, 5.74) is 2.48. The number of halogens is 1. The van der Waals surface area contributed by atoms with E-state index in [1.165, 1.54) is 0 Å². The number of carbonyl (C=O) groups is 2. The highest BCUT2D eigenvalue weighted by Crippen LogP contribution is 2.26. The first-order chi connectivity index (χ1) is 17.5. The van der Waals surface area contributed by atoms with Gasteiger partial charge in [-0.15, -0.1) is 0 Å². The van der Waals surface area contributed by atoms with Crippen LogP contribution in [0.3, 0.4) is 0 Å². The van der Waals surface area contributed by atoms with Gasteiger partial charge >= 0.3 is 0 Å². The lowest BCUT2D eigenvalue weighted by atomic mass is 10.0. The highest BCUT2D eigenvalue weighted by molar-refractivity contribution is 6.30. The topological polar surface area (TPSA) is 67.9 Å². The second-order valence-corrected chi connectivity index (χ2v) is 9.30. The van der Waals surface area contributed by atoms with Crippen LogP contribution >= 0.6 is 11.6 Å². The Labute approximate surface area is 217 Å². The van der Waals surface area contributed by atoms with Crippen molar-refractivity contribution in [3.8, 4) is 5.75 Å². The molecule has 188 valence electrons. The maximum absolute atomic E-state index is 13.8. The number of nitrogens with one attached hydrogen (secondary N) is 1. The van der Waals surface area contributed by atoms with Crippen LogP contribution in [0.2, 0.25) is 5.02 Å². The summed E-state index contributed by atoms with van der Waals surface area (Å²) in [6.45, 7) is 1.40. The Bertz CT molecular complexity index is 1130. The number of methoxy groups -OCH3 is 1. The minimum atomic E-state index is -0.797. The van der Waals surface area contributed by atoms with Gasteiger partial charge in [0, 0.05) is 24.7 Å². The summed E-state index contributed by atoms with van der Waals surface area (Å²) in [7, 11) is 1.61. The van der Waals surface area contributed by atoms with E-state index in [4.69, 9.17) is 21.1 Å². The third-order valence-electron chi connectivity index (χ3n) is 6.30. The van der Waals surface area contributed by atoms with Crippen LogP contribution in [0.1, 0.15) is 35.6 Å². The maximum Gasteiger partial charge on any atom is 0.247 e. The van der Waals surface area contributed by atoms with E-state index in [0.29, 0.717) is 18.2 Å². The molecule has 0 radical (unpaired) electrons. The van der Waals surface area contributed by atoms with Crippen LogP contribution in [0.25, 0.3) is 0 Å². The summed E-state index contributed by atoms with van der Waals surface area (Å²) in [4.78, 5) is 29.1. The lowest BCUT2D eigenvalue weighted by Crippen LogP contribution is -2.45. The monoisotopic (exact) mass is 506 g/mol. The molecule has 2 atom stereocenters. The zero-order valence-electron chi connectivity index (χ0n) is 20.4. The molecule has 2 amide bonds. The van der Waals surface area contributed by atoms with Gasteiger partial charge in [0.1, 0.15) is 11.8 Å². The highest BCUT2D eigenvalue weighted by atomic mass is 35.5. The number of hydrogen-bond donors (Lipinski definition) is 1. The van der Waals surface area contributed by atoms with Crippen molar-refractivity contribution in [2.75, 3.05) is 20.3 Å². The van der Waals surface area contributed by atoms with Gasteiger partial charge in [-0.2, -0.15) is 0 Å². The number of benzene rings is 3. The molecule has 0 aromatic heterocycles. The number of nitrogens with zero attached hydrogens (tertiary/aromatic N) is 1. The highest BCUT2D eigenvalue weighted by Gasteiger charge is 2.32. The average Bonchev–Trinajstić information content (AvgIpc) is 3.43. The SMILES string of the molecule is COc1ccc(CN(C(=O)Cc2ccc(Cl)cc2)[C@@H](C(=O)NC[C@@H]2CCCO2)c2ccccc2)cc1. The number of hydrogen-bond acceptors (Lipinski definition) is 4. The second kappa shape index (κ2) is 12.6. The van der Waals surface area contributed by atoms with Crippen LogP contribution in [0.4, 0.5) is 0 Å². The third-order valence-corrected chi connectivity index (χ3v) is 6.56. The maximum atomic E-state index is 13.8. The molecule has 6 nitrogen and oxygen atoms in total. The van der Waals surface area contributed by atoms with Crippen molar-refractivity contribution in [2.45, 2.75) is 38.0 Å². The lowest BCUT2D eigenvalue weighted by Gasteiger charge is -2.32. The Balaban J connectivity index is 1.64. The molecule has 0 saturated carbocycles. The normalized spacial score (nSPS) is 15.8. The largest absolute Gasteiger partial charge is 0.497 e. The molecule has 1 N–H and O–H groups in total. The Morgan fingerprint density at radius 1 is 1.03 bits per heavy atom. The van der Waals surface area contributed by atoms with Gasteiger partial charge in [0.15, 0.2) is 0 Å². The standard InChI is InChI=1S/C29H31ClN2O4/c1-35-25-15-11-22(12-16-25)20-32(27(33)18-21-9-13-24(30)14-10-21)28(23-6-3-2-4-7-23)29(34)31-19-26-8-5-17-36-26/h2-4,6-7,9-16,26,28H,5,8,17-20H2,1H3,(H,31,34)/t26-,28+/m0/s1. The second-order valence-electron chi connectivity index (χ2n) is 8.87. The van der Waals surface area contributed by atoms with E-state index < -0.39 is 6.04 Å². The molecular weight excluding hydrogens is 476 g/mol. The first-order valence-corrected chi connectivity index (χ1v) is 12.5. The van der Waals surface area contributed by atoms with Crippen LogP contribution in [0.5, 0.6) is 5.75 Å². The van der Waals surface area contributed by atoms with Gasteiger partial charge in [0.2, 0.25) is 11.8 Å². The van der Waals surface area contributed by atoms with E-state index >= 15 is 0 Å². The molecular formula is C29H31ClN2O4. The molecule has 1 aliphatic rings. The molecule has 1 fully saturated rings. The van der Waals surface area contributed by atoms with E-state index in [9.17, 15) is 9.59 Å². The molecule has 0 bridgehead atoms. The molecule has 3 aromatic carbocycles.